The van der Waals surface area contributed by atoms with Gasteiger partial charge in [0.15, 0.2) is 0 Å². The van der Waals surface area contributed by atoms with Crippen LogP contribution in [-0.4, -0.2) is 9.59 Å². The Bertz CT molecular complexity index is 68.0. The summed E-state index contributed by atoms with van der Waals surface area (Å²) in [6.45, 7) is 0. The average molecular weight is 152 g/mol. The van der Waals surface area contributed by atoms with Gasteiger partial charge in [-0.2, -0.15) is 0 Å². The van der Waals surface area contributed by atoms with Crippen LogP contribution in [-0.2, 0) is 19.5 Å². The molecule has 0 unspecified atom stereocenters. The normalized spacial score (nSPS) is 6.67. The van der Waals surface area contributed by atoms with Crippen LogP contribution < -0.4 is 0 Å². The third-order valence-corrected chi connectivity index (χ3v) is 0.715. The van der Waals surface area contributed by atoms with E-state index in [1.54, 1.807) is 6.20 Å². The molecule has 0 aliphatic carbocycles. The first kappa shape index (κ1) is 6.18. The fraction of sp³-hybridized carbons (Fsp3) is 0. The standard InChI is InChI=1S/C2H2N2S.Zn/c1-2-5-4-3-1;/h1-2H;. The number of nitrogens with zero attached hydrogens (tertiary/aromatic N) is 2. The zero-order chi connectivity index (χ0) is 3.54. The monoisotopic (exact) mass is 150 g/mol. The van der Waals surface area contributed by atoms with Gasteiger partial charge in [0.2, 0.25) is 0 Å². The molecule has 6 heavy (non-hydrogen) atoms. The van der Waals surface area contributed by atoms with Crippen LogP contribution in [0.5, 0.6) is 0 Å². The molecule has 1 heterocycles. The fourth-order valence-corrected chi connectivity index (χ4v) is 0.408. The molecular weight excluding hydrogens is 149 g/mol. The molecule has 0 atom stereocenters. The molecule has 0 saturated carbocycles. The Balaban J connectivity index is 0.000000250. The van der Waals surface area contributed by atoms with Crippen LogP contribution in [0.2, 0.25) is 0 Å². The van der Waals surface area contributed by atoms with Gasteiger partial charge in [-0.1, -0.05) is 4.49 Å². The predicted octanol–water partition coefficient (Wildman–Crippen LogP) is 0.536. The maximum atomic E-state index is 3.51. The minimum absolute atomic E-state index is 0. The van der Waals surface area contributed by atoms with Crippen molar-refractivity contribution in [3.05, 3.63) is 11.6 Å². The van der Waals surface area contributed by atoms with E-state index in [1.165, 1.54) is 11.5 Å². The van der Waals surface area contributed by atoms with Gasteiger partial charge in [-0.3, -0.25) is 0 Å². The second-order valence-corrected chi connectivity index (χ2v) is 1.23. The third-order valence-electron chi connectivity index (χ3n) is 0.283. The quantitative estimate of drug-likeness (QED) is 0.506. The molecule has 1 rings (SSSR count). The molecule has 0 N–H and O–H groups in total. The molecule has 0 bridgehead atoms. The molecule has 0 fully saturated rings. The zero-order valence-electron chi connectivity index (χ0n) is 3.16. The van der Waals surface area contributed by atoms with E-state index in [1.807, 2.05) is 5.38 Å². The van der Waals surface area contributed by atoms with Gasteiger partial charge in [0, 0.05) is 24.9 Å². The van der Waals surface area contributed by atoms with Gasteiger partial charge < -0.3 is 0 Å². The molecular formula is C2H2N2SZn. The molecule has 2 nitrogen and oxygen atoms in total. The number of hydrogen-bond acceptors (Lipinski definition) is 3. The van der Waals surface area contributed by atoms with Crippen LogP contribution in [0.1, 0.15) is 0 Å². The summed E-state index contributed by atoms with van der Waals surface area (Å²) < 4.78 is 3.51. The van der Waals surface area contributed by atoms with Gasteiger partial charge in [-0.05, 0) is 11.5 Å². The first-order valence-corrected chi connectivity index (χ1v) is 2.05. The van der Waals surface area contributed by atoms with Crippen LogP contribution in [0.15, 0.2) is 11.6 Å². The summed E-state index contributed by atoms with van der Waals surface area (Å²) in [5.41, 5.74) is 0. The van der Waals surface area contributed by atoms with Crippen LogP contribution in [0, 0.1) is 0 Å². The van der Waals surface area contributed by atoms with E-state index in [2.05, 4.69) is 9.59 Å². The van der Waals surface area contributed by atoms with Crippen molar-refractivity contribution >= 4 is 11.5 Å². The smallest absolute Gasteiger partial charge is 0.0620 e. The van der Waals surface area contributed by atoms with E-state index in [4.69, 9.17) is 0 Å². The summed E-state index contributed by atoms with van der Waals surface area (Å²) in [6.07, 6.45) is 1.66. The van der Waals surface area contributed by atoms with Crippen molar-refractivity contribution in [3.63, 3.8) is 0 Å². The molecule has 0 saturated heterocycles. The van der Waals surface area contributed by atoms with Crippen LogP contribution >= 0.6 is 11.5 Å². The van der Waals surface area contributed by atoms with Gasteiger partial charge in [0.1, 0.15) is 0 Å². The maximum absolute atomic E-state index is 3.51. The van der Waals surface area contributed by atoms with Crippen molar-refractivity contribution < 1.29 is 19.5 Å². The second kappa shape index (κ2) is 3.38. The van der Waals surface area contributed by atoms with E-state index >= 15 is 0 Å². The van der Waals surface area contributed by atoms with Gasteiger partial charge in [0.05, 0.1) is 6.20 Å². The van der Waals surface area contributed by atoms with E-state index < -0.39 is 0 Å². The largest absolute Gasteiger partial charge is 0.147 e. The molecule has 0 aliphatic rings. The van der Waals surface area contributed by atoms with Crippen LogP contribution in [0.3, 0.4) is 0 Å². The first-order valence-electron chi connectivity index (χ1n) is 1.21. The summed E-state index contributed by atoms with van der Waals surface area (Å²) >= 11 is 1.35. The summed E-state index contributed by atoms with van der Waals surface area (Å²) in [6, 6.07) is 0. The van der Waals surface area contributed by atoms with Gasteiger partial charge in [0.25, 0.3) is 0 Å². The van der Waals surface area contributed by atoms with Crippen molar-refractivity contribution in [2.24, 2.45) is 0 Å². The second-order valence-electron chi connectivity index (χ2n) is 0.588. The Morgan fingerprint density at radius 2 is 2.33 bits per heavy atom. The summed E-state index contributed by atoms with van der Waals surface area (Å²) in [5, 5.41) is 5.31. The van der Waals surface area contributed by atoms with E-state index in [-0.39, 0.29) is 19.5 Å². The third kappa shape index (κ3) is 1.58. The van der Waals surface area contributed by atoms with Crippen molar-refractivity contribution in [3.8, 4) is 0 Å². The molecule has 0 radical (unpaired) electrons. The van der Waals surface area contributed by atoms with Crippen molar-refractivity contribution in [1.29, 1.82) is 0 Å². The molecule has 28 valence electrons. The van der Waals surface area contributed by atoms with Crippen molar-refractivity contribution in [2.75, 3.05) is 0 Å². The molecule has 4 heteroatoms. The fourth-order valence-electron chi connectivity index (χ4n) is 0.136. The van der Waals surface area contributed by atoms with Crippen molar-refractivity contribution in [2.45, 2.75) is 0 Å². The molecule has 0 spiro atoms. The predicted molar refractivity (Wildman–Crippen MR) is 19.9 cm³/mol. The number of hydrogen-bond donors (Lipinski definition) is 0. The Kier molecular flexibility index (Phi) is 3.48. The Morgan fingerprint density at radius 3 is 2.50 bits per heavy atom. The minimum Gasteiger partial charge on any atom is -0.147 e. The average Bonchev–Trinajstić information content (AvgIpc) is 1.76. The van der Waals surface area contributed by atoms with Gasteiger partial charge in [-0.15, -0.1) is 5.10 Å². The molecule has 1 aromatic heterocycles. The van der Waals surface area contributed by atoms with Gasteiger partial charge in [-0.25, -0.2) is 0 Å². The maximum Gasteiger partial charge on any atom is 0.0620 e. The summed E-state index contributed by atoms with van der Waals surface area (Å²) in [5.74, 6) is 0. The zero-order valence-corrected chi connectivity index (χ0v) is 6.95. The Labute approximate surface area is 52.5 Å². The van der Waals surface area contributed by atoms with Gasteiger partial charge >= 0.3 is 0 Å². The SMILES string of the molecule is [Zn].c1csnn1. The molecule has 1 aromatic rings. The topological polar surface area (TPSA) is 25.8 Å². The van der Waals surface area contributed by atoms with E-state index in [9.17, 15) is 0 Å². The van der Waals surface area contributed by atoms with E-state index in [0.29, 0.717) is 0 Å². The Morgan fingerprint density at radius 1 is 1.50 bits per heavy atom. The van der Waals surface area contributed by atoms with E-state index in [0.717, 1.165) is 0 Å². The molecule has 0 aliphatic heterocycles. The van der Waals surface area contributed by atoms with Crippen LogP contribution in [0.25, 0.3) is 0 Å². The first-order chi connectivity index (χ1) is 2.50. The number of aromatic nitrogens is 2. The van der Waals surface area contributed by atoms with Crippen LogP contribution in [0.4, 0.5) is 0 Å². The van der Waals surface area contributed by atoms with Crippen molar-refractivity contribution in [1.82, 2.24) is 9.59 Å². The molecule has 0 aromatic carbocycles. The summed E-state index contributed by atoms with van der Waals surface area (Å²) in [7, 11) is 0. The molecule has 0 amide bonds. The Hall–Kier alpha value is 0.183. The minimum atomic E-state index is 0. The summed E-state index contributed by atoms with van der Waals surface area (Å²) in [4.78, 5) is 0. The number of rotatable bonds is 0.